The summed E-state index contributed by atoms with van der Waals surface area (Å²) in [6.07, 6.45) is 2.12. The van der Waals surface area contributed by atoms with Crippen molar-refractivity contribution < 1.29 is 4.39 Å². The van der Waals surface area contributed by atoms with Gasteiger partial charge in [-0.3, -0.25) is 0 Å². The zero-order valence-electron chi connectivity index (χ0n) is 12.3. The fourth-order valence-corrected chi connectivity index (χ4v) is 2.49. The molecule has 0 aliphatic heterocycles. The third-order valence-electron chi connectivity index (χ3n) is 3.61. The van der Waals surface area contributed by atoms with E-state index in [9.17, 15) is 4.39 Å². The summed E-state index contributed by atoms with van der Waals surface area (Å²) >= 11 is 0. The van der Waals surface area contributed by atoms with Crippen LogP contribution in [0, 0.1) is 25.6 Å². The van der Waals surface area contributed by atoms with E-state index >= 15 is 0 Å². The van der Waals surface area contributed by atoms with Crippen LogP contribution in [0.2, 0.25) is 0 Å². The molecule has 0 spiro atoms. The maximum atomic E-state index is 14.2. The van der Waals surface area contributed by atoms with Gasteiger partial charge in [-0.2, -0.15) is 0 Å². The molecule has 1 rings (SSSR count). The van der Waals surface area contributed by atoms with Crippen LogP contribution in [0.5, 0.6) is 0 Å². The zero-order chi connectivity index (χ0) is 13.7. The first-order valence-electron chi connectivity index (χ1n) is 6.99. The fraction of sp³-hybridized carbons (Fsp3) is 0.625. The lowest BCUT2D eigenvalue weighted by Crippen LogP contribution is -2.24. The van der Waals surface area contributed by atoms with E-state index in [2.05, 4.69) is 32.2 Å². The molecule has 18 heavy (non-hydrogen) atoms. The minimum atomic E-state index is -0.0678. The average molecular weight is 251 g/mol. The molecule has 1 aromatic rings. The minimum Gasteiger partial charge on any atom is -0.310 e. The summed E-state index contributed by atoms with van der Waals surface area (Å²) < 4.78 is 14.2. The molecule has 2 heteroatoms. The third kappa shape index (κ3) is 3.81. The molecular formula is C16H26FN. The number of hydrogen-bond acceptors (Lipinski definition) is 1. The van der Waals surface area contributed by atoms with Gasteiger partial charge in [-0.05, 0) is 49.9 Å². The van der Waals surface area contributed by atoms with Crippen molar-refractivity contribution in [2.45, 2.75) is 53.5 Å². The van der Waals surface area contributed by atoms with Crippen molar-refractivity contribution in [2.24, 2.45) is 5.92 Å². The van der Waals surface area contributed by atoms with E-state index < -0.39 is 0 Å². The normalized spacial score (nSPS) is 14.6. The van der Waals surface area contributed by atoms with E-state index in [1.807, 2.05) is 13.8 Å². The highest BCUT2D eigenvalue weighted by Crippen LogP contribution is 2.28. The van der Waals surface area contributed by atoms with Gasteiger partial charge in [-0.1, -0.05) is 33.3 Å². The molecule has 0 fully saturated rings. The summed E-state index contributed by atoms with van der Waals surface area (Å²) in [5, 5.41) is 3.43. The molecule has 0 saturated heterocycles. The fourth-order valence-electron chi connectivity index (χ4n) is 2.49. The number of rotatable bonds is 6. The molecule has 2 atom stereocenters. The smallest absolute Gasteiger partial charge is 0.128 e. The molecule has 102 valence electrons. The lowest BCUT2D eigenvalue weighted by atomic mass is 9.90. The zero-order valence-corrected chi connectivity index (χ0v) is 12.3. The maximum Gasteiger partial charge on any atom is 0.128 e. The van der Waals surface area contributed by atoms with Crippen molar-refractivity contribution in [1.82, 2.24) is 5.32 Å². The van der Waals surface area contributed by atoms with Gasteiger partial charge in [0.15, 0.2) is 0 Å². The van der Waals surface area contributed by atoms with Crippen LogP contribution in [-0.2, 0) is 0 Å². The van der Waals surface area contributed by atoms with Gasteiger partial charge >= 0.3 is 0 Å². The Morgan fingerprint density at radius 3 is 2.39 bits per heavy atom. The molecule has 1 nitrogen and oxygen atoms in total. The van der Waals surface area contributed by atoms with E-state index in [1.54, 1.807) is 6.07 Å². The lowest BCUT2D eigenvalue weighted by Gasteiger charge is -2.24. The van der Waals surface area contributed by atoms with Crippen LogP contribution in [-0.4, -0.2) is 6.54 Å². The molecule has 0 heterocycles. The van der Waals surface area contributed by atoms with E-state index in [1.165, 1.54) is 0 Å². The Bertz CT molecular complexity index is 364. The van der Waals surface area contributed by atoms with Crippen LogP contribution in [0.3, 0.4) is 0 Å². The predicted molar refractivity (Wildman–Crippen MR) is 76.4 cm³/mol. The average Bonchev–Trinajstić information content (AvgIpc) is 2.27. The Kier molecular flexibility index (Phi) is 5.80. The molecule has 0 saturated carbocycles. The lowest BCUT2D eigenvalue weighted by molar-refractivity contribution is 0.396. The Labute approximate surface area is 111 Å². The van der Waals surface area contributed by atoms with Gasteiger partial charge in [-0.15, -0.1) is 0 Å². The number of aryl methyl sites for hydroxylation is 2. The Balaban J connectivity index is 3.05. The van der Waals surface area contributed by atoms with Crippen LogP contribution in [0.4, 0.5) is 4.39 Å². The van der Waals surface area contributed by atoms with Crippen LogP contribution in [0.15, 0.2) is 12.1 Å². The summed E-state index contributed by atoms with van der Waals surface area (Å²) in [7, 11) is 0. The van der Waals surface area contributed by atoms with Gasteiger partial charge in [-0.25, -0.2) is 4.39 Å². The third-order valence-corrected chi connectivity index (χ3v) is 3.61. The largest absolute Gasteiger partial charge is 0.310 e. The first-order chi connectivity index (χ1) is 8.49. The standard InChI is InChI=1S/C16H26FN/c1-6-11(3)10-15(18-7-2)16-13(5)8-12(4)9-14(16)17/h8-9,11,15,18H,6-7,10H2,1-5H3. The van der Waals surface area contributed by atoms with Crippen LogP contribution in [0.25, 0.3) is 0 Å². The Hall–Kier alpha value is -0.890. The summed E-state index contributed by atoms with van der Waals surface area (Å²) in [5.41, 5.74) is 2.90. The van der Waals surface area contributed by atoms with Gasteiger partial charge in [0.2, 0.25) is 0 Å². The van der Waals surface area contributed by atoms with Crippen LogP contribution in [0.1, 0.15) is 56.3 Å². The molecular weight excluding hydrogens is 225 g/mol. The molecule has 0 aromatic heterocycles. The highest BCUT2D eigenvalue weighted by molar-refractivity contribution is 5.34. The first-order valence-corrected chi connectivity index (χ1v) is 6.99. The van der Waals surface area contributed by atoms with E-state index in [0.29, 0.717) is 5.92 Å². The predicted octanol–water partition coefficient (Wildman–Crippen LogP) is 4.53. The van der Waals surface area contributed by atoms with E-state index in [0.717, 1.165) is 36.1 Å². The summed E-state index contributed by atoms with van der Waals surface area (Å²) in [5.74, 6) is 0.538. The number of nitrogens with one attached hydrogen (secondary N) is 1. The van der Waals surface area contributed by atoms with Crippen molar-refractivity contribution in [3.63, 3.8) is 0 Å². The quantitative estimate of drug-likeness (QED) is 0.783. The molecule has 0 aliphatic rings. The van der Waals surface area contributed by atoms with E-state index in [4.69, 9.17) is 0 Å². The monoisotopic (exact) mass is 251 g/mol. The second kappa shape index (κ2) is 6.89. The van der Waals surface area contributed by atoms with E-state index in [-0.39, 0.29) is 11.9 Å². The number of hydrogen-bond donors (Lipinski definition) is 1. The topological polar surface area (TPSA) is 12.0 Å². The van der Waals surface area contributed by atoms with Crippen molar-refractivity contribution in [3.05, 3.63) is 34.6 Å². The highest BCUT2D eigenvalue weighted by Gasteiger charge is 2.19. The van der Waals surface area contributed by atoms with Gasteiger partial charge in [0.1, 0.15) is 5.82 Å². The molecule has 0 aliphatic carbocycles. The molecule has 0 bridgehead atoms. The second-order valence-electron chi connectivity index (χ2n) is 5.34. The molecule has 0 radical (unpaired) electrons. The molecule has 2 unspecified atom stereocenters. The van der Waals surface area contributed by atoms with Crippen molar-refractivity contribution >= 4 is 0 Å². The summed E-state index contributed by atoms with van der Waals surface area (Å²) in [4.78, 5) is 0. The van der Waals surface area contributed by atoms with Crippen LogP contribution < -0.4 is 5.32 Å². The molecule has 1 N–H and O–H groups in total. The maximum absolute atomic E-state index is 14.2. The van der Waals surface area contributed by atoms with Crippen molar-refractivity contribution in [2.75, 3.05) is 6.54 Å². The molecule has 1 aromatic carbocycles. The summed E-state index contributed by atoms with van der Waals surface area (Å²) in [6, 6.07) is 3.84. The second-order valence-corrected chi connectivity index (χ2v) is 5.34. The highest BCUT2D eigenvalue weighted by atomic mass is 19.1. The first kappa shape index (κ1) is 15.2. The molecule has 0 amide bonds. The van der Waals surface area contributed by atoms with Crippen LogP contribution >= 0.6 is 0 Å². The van der Waals surface area contributed by atoms with Crippen molar-refractivity contribution in [3.8, 4) is 0 Å². The van der Waals surface area contributed by atoms with Gasteiger partial charge in [0.05, 0.1) is 0 Å². The summed E-state index contributed by atoms with van der Waals surface area (Å²) in [6.45, 7) is 11.3. The van der Waals surface area contributed by atoms with Gasteiger partial charge < -0.3 is 5.32 Å². The Morgan fingerprint density at radius 2 is 1.89 bits per heavy atom. The number of halogens is 1. The SMILES string of the molecule is CCNC(CC(C)CC)c1c(C)cc(C)cc1F. The Morgan fingerprint density at radius 1 is 1.22 bits per heavy atom. The number of benzene rings is 1. The van der Waals surface area contributed by atoms with Crippen molar-refractivity contribution in [1.29, 1.82) is 0 Å². The van der Waals surface area contributed by atoms with Gasteiger partial charge in [0.25, 0.3) is 0 Å². The minimum absolute atomic E-state index is 0.0678. The van der Waals surface area contributed by atoms with Gasteiger partial charge in [0, 0.05) is 11.6 Å².